The van der Waals surface area contributed by atoms with Gasteiger partial charge in [0.25, 0.3) is 0 Å². The van der Waals surface area contributed by atoms with Crippen LogP contribution in [0.3, 0.4) is 0 Å². The zero-order chi connectivity index (χ0) is 10.2. The van der Waals surface area contributed by atoms with E-state index in [9.17, 15) is 22.0 Å². The first-order valence-corrected chi connectivity index (χ1v) is 3.07. The summed E-state index contributed by atoms with van der Waals surface area (Å²) in [5, 5.41) is 8.57. The van der Waals surface area contributed by atoms with E-state index in [0.717, 1.165) is 0 Å². The van der Waals surface area contributed by atoms with E-state index in [-0.39, 0.29) is 12.1 Å². The Morgan fingerprint density at radius 2 is 1.62 bits per heavy atom. The molecule has 0 atom stereocenters. The van der Waals surface area contributed by atoms with E-state index in [4.69, 9.17) is 5.11 Å². The number of aromatic hydroxyl groups is 1. The first-order chi connectivity index (χ1) is 5.82. The van der Waals surface area contributed by atoms with Gasteiger partial charge in [0, 0.05) is 6.07 Å². The van der Waals surface area contributed by atoms with Gasteiger partial charge in [-0.3, -0.25) is 0 Å². The van der Waals surface area contributed by atoms with Gasteiger partial charge in [-0.25, -0.2) is 8.78 Å². The molecule has 1 rings (SSSR count). The van der Waals surface area contributed by atoms with Gasteiger partial charge in [-0.1, -0.05) is 0 Å². The predicted octanol–water partition coefficient (Wildman–Crippen LogP) is 2.69. The fourth-order valence-electron chi connectivity index (χ4n) is 0.781. The first kappa shape index (κ1) is 9.76. The molecule has 0 aliphatic heterocycles. The molecule has 72 valence electrons. The zero-order valence-corrected chi connectivity index (χ0v) is 5.99. The molecular weight excluding hydrogens is 195 g/mol. The van der Waals surface area contributed by atoms with Gasteiger partial charge < -0.3 is 5.11 Å². The summed E-state index contributed by atoms with van der Waals surface area (Å²) in [5.74, 6) is -4.70. The molecule has 1 nitrogen and oxygen atoms in total. The Labute approximate surface area is 69.4 Å². The molecule has 0 spiro atoms. The molecule has 1 N–H and O–H groups in total. The van der Waals surface area contributed by atoms with E-state index in [1.54, 1.807) is 0 Å². The number of phenolic OH excluding ortho intramolecular Hbond substituents is 1. The molecule has 0 aliphatic carbocycles. The number of phenols is 1. The van der Waals surface area contributed by atoms with Crippen molar-refractivity contribution in [2.45, 2.75) is 6.18 Å². The number of benzene rings is 1. The molecule has 1 aromatic rings. The Kier molecular flexibility index (Phi) is 2.15. The number of alkyl halides is 3. The molecule has 0 bridgehead atoms. The van der Waals surface area contributed by atoms with Crippen molar-refractivity contribution in [3.63, 3.8) is 0 Å². The third-order valence-electron chi connectivity index (χ3n) is 1.32. The minimum Gasteiger partial charge on any atom is -0.508 e. The molecule has 0 saturated heterocycles. The molecular formula is C7H3F5O. The van der Waals surface area contributed by atoms with Crippen molar-refractivity contribution in [1.29, 1.82) is 0 Å². The second-order valence-corrected chi connectivity index (χ2v) is 2.29. The van der Waals surface area contributed by atoms with Crippen LogP contribution in [-0.4, -0.2) is 5.11 Å². The highest BCUT2D eigenvalue weighted by atomic mass is 19.4. The standard InChI is InChI=1S/C7H3F5O/c8-5-2-3(13)1-4(6(5)9)7(10,11)12/h1-2,13H. The highest BCUT2D eigenvalue weighted by molar-refractivity contribution is 5.31. The zero-order valence-electron chi connectivity index (χ0n) is 5.99. The lowest BCUT2D eigenvalue weighted by molar-refractivity contribution is -0.140. The second-order valence-electron chi connectivity index (χ2n) is 2.29. The van der Waals surface area contributed by atoms with Crippen LogP contribution in [0.25, 0.3) is 0 Å². The number of rotatable bonds is 0. The predicted molar refractivity (Wildman–Crippen MR) is 33.0 cm³/mol. The van der Waals surface area contributed by atoms with Gasteiger partial charge in [0.2, 0.25) is 0 Å². The number of halogens is 5. The van der Waals surface area contributed by atoms with Crippen LogP contribution in [0, 0.1) is 11.6 Å². The molecule has 0 fully saturated rings. The summed E-state index contributed by atoms with van der Waals surface area (Å²) in [5.41, 5.74) is -1.81. The van der Waals surface area contributed by atoms with Crippen molar-refractivity contribution in [2.75, 3.05) is 0 Å². The van der Waals surface area contributed by atoms with Gasteiger partial charge >= 0.3 is 6.18 Å². The second kappa shape index (κ2) is 2.86. The summed E-state index contributed by atoms with van der Waals surface area (Å²) < 4.78 is 60.5. The van der Waals surface area contributed by atoms with Crippen LogP contribution in [0.5, 0.6) is 5.75 Å². The maximum atomic E-state index is 12.5. The van der Waals surface area contributed by atoms with Crippen LogP contribution < -0.4 is 0 Å². The summed E-state index contributed by atoms with van der Waals surface area (Å²) in [6.07, 6.45) is -5.01. The van der Waals surface area contributed by atoms with E-state index in [1.807, 2.05) is 0 Å². The molecule has 0 radical (unpaired) electrons. The largest absolute Gasteiger partial charge is 0.508 e. The van der Waals surface area contributed by atoms with Crippen LogP contribution in [0.4, 0.5) is 22.0 Å². The first-order valence-electron chi connectivity index (χ1n) is 3.07. The van der Waals surface area contributed by atoms with E-state index in [2.05, 4.69) is 0 Å². The Morgan fingerprint density at radius 1 is 1.08 bits per heavy atom. The summed E-state index contributed by atoms with van der Waals surface area (Å²) in [6, 6.07) is 0.392. The average Bonchev–Trinajstić information content (AvgIpc) is 1.94. The van der Waals surface area contributed by atoms with Crippen LogP contribution in [0.15, 0.2) is 12.1 Å². The molecule has 0 aromatic heterocycles. The van der Waals surface area contributed by atoms with Crippen molar-refractivity contribution in [3.05, 3.63) is 29.3 Å². The van der Waals surface area contributed by atoms with Crippen molar-refractivity contribution >= 4 is 0 Å². The monoisotopic (exact) mass is 198 g/mol. The Balaban J connectivity index is 3.37. The third-order valence-corrected chi connectivity index (χ3v) is 1.32. The molecule has 0 heterocycles. The normalized spacial score (nSPS) is 11.8. The van der Waals surface area contributed by atoms with Crippen LogP contribution >= 0.6 is 0 Å². The van der Waals surface area contributed by atoms with Gasteiger partial charge in [0.15, 0.2) is 11.6 Å². The number of hydrogen-bond donors (Lipinski definition) is 1. The maximum absolute atomic E-state index is 12.5. The highest BCUT2D eigenvalue weighted by Gasteiger charge is 2.35. The van der Waals surface area contributed by atoms with Gasteiger partial charge in [0.05, 0.1) is 5.56 Å². The Morgan fingerprint density at radius 3 is 2.08 bits per heavy atom. The fourth-order valence-corrected chi connectivity index (χ4v) is 0.781. The molecule has 0 saturated carbocycles. The quantitative estimate of drug-likeness (QED) is 0.635. The smallest absolute Gasteiger partial charge is 0.419 e. The minimum atomic E-state index is -5.01. The van der Waals surface area contributed by atoms with Crippen molar-refractivity contribution in [2.24, 2.45) is 0 Å². The average molecular weight is 198 g/mol. The van der Waals surface area contributed by atoms with E-state index >= 15 is 0 Å². The van der Waals surface area contributed by atoms with E-state index in [0.29, 0.717) is 0 Å². The molecule has 0 unspecified atom stereocenters. The van der Waals surface area contributed by atoms with Crippen LogP contribution in [-0.2, 0) is 6.18 Å². The highest BCUT2D eigenvalue weighted by Crippen LogP contribution is 2.34. The van der Waals surface area contributed by atoms with Gasteiger partial charge in [-0.15, -0.1) is 0 Å². The summed E-state index contributed by atoms with van der Waals surface area (Å²) >= 11 is 0. The summed E-state index contributed by atoms with van der Waals surface area (Å²) in [7, 11) is 0. The van der Waals surface area contributed by atoms with E-state index < -0.39 is 29.1 Å². The topological polar surface area (TPSA) is 20.2 Å². The molecule has 6 heteroatoms. The van der Waals surface area contributed by atoms with Gasteiger partial charge in [-0.05, 0) is 6.07 Å². The van der Waals surface area contributed by atoms with Crippen molar-refractivity contribution in [1.82, 2.24) is 0 Å². The minimum absolute atomic E-state index is 0.123. The van der Waals surface area contributed by atoms with Crippen molar-refractivity contribution in [3.8, 4) is 5.75 Å². The molecule has 0 aliphatic rings. The summed E-state index contributed by atoms with van der Waals surface area (Å²) in [4.78, 5) is 0. The fraction of sp³-hybridized carbons (Fsp3) is 0.143. The maximum Gasteiger partial charge on any atom is 0.419 e. The van der Waals surface area contributed by atoms with E-state index in [1.165, 1.54) is 0 Å². The van der Waals surface area contributed by atoms with Crippen LogP contribution in [0.1, 0.15) is 5.56 Å². The molecule has 13 heavy (non-hydrogen) atoms. The third kappa shape index (κ3) is 1.88. The van der Waals surface area contributed by atoms with Gasteiger partial charge in [0.1, 0.15) is 5.75 Å². The van der Waals surface area contributed by atoms with Crippen molar-refractivity contribution < 1.29 is 27.1 Å². The Bertz CT molecular complexity index is 330. The molecule has 0 amide bonds. The summed E-state index contributed by atoms with van der Waals surface area (Å²) in [6.45, 7) is 0. The Hall–Kier alpha value is -1.33. The number of hydrogen-bond acceptors (Lipinski definition) is 1. The molecule has 1 aromatic carbocycles. The van der Waals surface area contributed by atoms with Crippen LogP contribution in [0.2, 0.25) is 0 Å². The SMILES string of the molecule is Oc1cc(F)c(F)c(C(F)(F)F)c1. The lowest BCUT2D eigenvalue weighted by Crippen LogP contribution is -2.09. The van der Waals surface area contributed by atoms with Gasteiger partial charge in [-0.2, -0.15) is 13.2 Å². The lowest BCUT2D eigenvalue weighted by Gasteiger charge is -2.08. The lowest BCUT2D eigenvalue weighted by atomic mass is 10.2.